The normalized spacial score (nSPS) is 9.31. The smallest absolute Gasteiger partial charge is 0.298 e. The molecule has 1 aromatic rings. The molecule has 0 spiro atoms. The number of carbonyl (C=O) groups is 1. The van der Waals surface area contributed by atoms with Gasteiger partial charge in [-0.25, -0.2) is 0 Å². The first-order chi connectivity index (χ1) is 6.15. The molecule has 1 rings (SSSR count). The van der Waals surface area contributed by atoms with Gasteiger partial charge in [0.1, 0.15) is 6.33 Å². The van der Waals surface area contributed by atoms with Gasteiger partial charge in [0, 0.05) is 14.1 Å². The average molecular weight is 178 g/mol. The summed E-state index contributed by atoms with van der Waals surface area (Å²) in [6.07, 6.45) is 6.53. The van der Waals surface area contributed by atoms with Crippen LogP contribution >= 0.6 is 0 Å². The van der Waals surface area contributed by atoms with Crippen molar-refractivity contribution in [3.63, 3.8) is 0 Å². The summed E-state index contributed by atoms with van der Waals surface area (Å²) in [5, 5.41) is 7.51. The van der Waals surface area contributed by atoms with Gasteiger partial charge < -0.3 is 9.47 Å². The Kier molecular flexibility index (Phi) is 2.65. The molecule has 1 heterocycles. The van der Waals surface area contributed by atoms with E-state index in [1.54, 1.807) is 17.9 Å². The van der Waals surface area contributed by atoms with Crippen LogP contribution in [0.1, 0.15) is 5.82 Å². The third-order valence-electron chi connectivity index (χ3n) is 1.65. The molecular formula is C8H10N4O. The number of rotatable bonds is 2. The zero-order chi connectivity index (χ0) is 9.84. The molecule has 1 aromatic heterocycles. The predicted octanol–water partition coefficient (Wildman–Crippen LogP) is -0.593. The van der Waals surface area contributed by atoms with Gasteiger partial charge >= 0.3 is 0 Å². The van der Waals surface area contributed by atoms with Crippen LogP contribution in [0.5, 0.6) is 0 Å². The molecule has 0 aliphatic carbocycles. The molecule has 0 aromatic carbocycles. The summed E-state index contributed by atoms with van der Waals surface area (Å²) < 4.78 is 1.74. The fourth-order valence-corrected chi connectivity index (χ4v) is 0.844. The maximum atomic E-state index is 11.0. The zero-order valence-electron chi connectivity index (χ0n) is 7.56. The lowest BCUT2D eigenvalue weighted by Crippen LogP contribution is -2.25. The number of terminal acetylenes is 1. The second-order valence-electron chi connectivity index (χ2n) is 2.66. The van der Waals surface area contributed by atoms with Gasteiger partial charge in [-0.15, -0.1) is 16.6 Å². The summed E-state index contributed by atoms with van der Waals surface area (Å²) >= 11 is 0. The molecule has 68 valence electrons. The molecule has 5 nitrogen and oxygen atoms in total. The van der Waals surface area contributed by atoms with Crippen molar-refractivity contribution in [2.45, 2.75) is 6.54 Å². The van der Waals surface area contributed by atoms with E-state index in [4.69, 9.17) is 6.42 Å². The fourth-order valence-electron chi connectivity index (χ4n) is 0.844. The fraction of sp³-hybridized carbons (Fsp3) is 0.375. The van der Waals surface area contributed by atoms with Crippen LogP contribution in [0, 0.1) is 12.3 Å². The van der Waals surface area contributed by atoms with Crippen LogP contribution in [0.4, 0.5) is 0 Å². The molecule has 0 saturated carbocycles. The van der Waals surface area contributed by atoms with E-state index >= 15 is 0 Å². The van der Waals surface area contributed by atoms with E-state index < -0.39 is 0 Å². The molecule has 0 aliphatic rings. The van der Waals surface area contributed by atoms with Crippen molar-refractivity contribution in [3.8, 4) is 12.3 Å². The van der Waals surface area contributed by atoms with Gasteiger partial charge in [-0.2, -0.15) is 0 Å². The van der Waals surface area contributed by atoms with Crippen LogP contribution in [-0.4, -0.2) is 32.6 Å². The predicted molar refractivity (Wildman–Crippen MR) is 46.3 cm³/mol. The van der Waals surface area contributed by atoms with E-state index in [9.17, 15) is 4.79 Å². The van der Waals surface area contributed by atoms with Gasteiger partial charge in [-0.05, 0) is 5.92 Å². The molecule has 0 radical (unpaired) electrons. The first-order valence-electron chi connectivity index (χ1n) is 3.69. The molecule has 0 bridgehead atoms. The van der Waals surface area contributed by atoms with Crippen molar-refractivity contribution in [1.82, 2.24) is 19.7 Å². The summed E-state index contributed by atoms with van der Waals surface area (Å²) in [5.41, 5.74) is 0. The third kappa shape index (κ3) is 2.06. The minimum Gasteiger partial charge on any atom is -0.327 e. The van der Waals surface area contributed by atoms with Crippen molar-refractivity contribution in [3.05, 3.63) is 12.2 Å². The van der Waals surface area contributed by atoms with Crippen molar-refractivity contribution >= 4 is 5.91 Å². The highest BCUT2D eigenvalue weighted by Gasteiger charge is 2.08. The monoisotopic (exact) mass is 178 g/mol. The number of hydrogen-bond donors (Lipinski definition) is 0. The Balaban J connectivity index is 2.66. The van der Waals surface area contributed by atoms with Crippen LogP contribution < -0.4 is 0 Å². The molecule has 0 unspecified atom stereocenters. The molecule has 0 N–H and O–H groups in total. The average Bonchev–Trinajstić information content (AvgIpc) is 2.50. The highest BCUT2D eigenvalue weighted by molar-refractivity contribution is 5.92. The number of aromatic nitrogens is 3. The largest absolute Gasteiger partial charge is 0.327 e. The summed E-state index contributed by atoms with van der Waals surface area (Å²) in [6.45, 7) is 0.375. The molecular weight excluding hydrogens is 168 g/mol. The molecule has 5 heteroatoms. The lowest BCUT2D eigenvalue weighted by Gasteiger charge is -2.12. The van der Waals surface area contributed by atoms with E-state index in [0.717, 1.165) is 0 Å². The highest BCUT2D eigenvalue weighted by Crippen LogP contribution is 1.96. The standard InChI is InChI=1S/C8H10N4O/c1-4-8(13)11(2)5-7-10-9-6-12(7)3/h1,6H,5H2,2-3H3. The lowest BCUT2D eigenvalue weighted by atomic mass is 10.5. The van der Waals surface area contributed by atoms with Gasteiger partial charge in [0.05, 0.1) is 6.54 Å². The Morgan fingerprint density at radius 3 is 3.00 bits per heavy atom. The topological polar surface area (TPSA) is 51.0 Å². The number of amides is 1. The van der Waals surface area contributed by atoms with Crippen LogP contribution in [0.3, 0.4) is 0 Å². The van der Waals surface area contributed by atoms with Crippen molar-refractivity contribution in [1.29, 1.82) is 0 Å². The van der Waals surface area contributed by atoms with Gasteiger partial charge in [-0.1, -0.05) is 0 Å². The zero-order valence-corrected chi connectivity index (χ0v) is 7.56. The molecule has 1 amide bonds. The highest BCUT2D eigenvalue weighted by atomic mass is 16.2. The van der Waals surface area contributed by atoms with Crippen LogP contribution in [0.15, 0.2) is 6.33 Å². The van der Waals surface area contributed by atoms with Crippen LogP contribution in [0.25, 0.3) is 0 Å². The van der Waals surface area contributed by atoms with E-state index in [1.165, 1.54) is 4.90 Å². The van der Waals surface area contributed by atoms with Gasteiger partial charge in [0.2, 0.25) is 0 Å². The second kappa shape index (κ2) is 3.72. The minimum absolute atomic E-state index is 0.358. The summed E-state index contributed by atoms with van der Waals surface area (Å²) in [7, 11) is 3.43. The van der Waals surface area contributed by atoms with E-state index in [0.29, 0.717) is 12.4 Å². The lowest BCUT2D eigenvalue weighted by molar-refractivity contribution is -0.124. The summed E-state index contributed by atoms with van der Waals surface area (Å²) in [6, 6.07) is 0. The molecule has 13 heavy (non-hydrogen) atoms. The number of nitrogens with zero attached hydrogens (tertiary/aromatic N) is 4. The van der Waals surface area contributed by atoms with Gasteiger partial charge in [0.15, 0.2) is 5.82 Å². The third-order valence-corrected chi connectivity index (χ3v) is 1.65. The summed E-state index contributed by atoms with van der Waals surface area (Å²) in [5.74, 6) is 2.37. The van der Waals surface area contributed by atoms with Crippen molar-refractivity contribution in [2.24, 2.45) is 7.05 Å². The second-order valence-corrected chi connectivity index (χ2v) is 2.66. The van der Waals surface area contributed by atoms with Gasteiger partial charge in [-0.3, -0.25) is 4.79 Å². The Morgan fingerprint density at radius 1 is 1.85 bits per heavy atom. The Morgan fingerprint density at radius 2 is 2.54 bits per heavy atom. The maximum absolute atomic E-state index is 11.0. The van der Waals surface area contributed by atoms with E-state index in [-0.39, 0.29) is 5.91 Å². The molecule has 0 aliphatic heterocycles. The van der Waals surface area contributed by atoms with Crippen molar-refractivity contribution < 1.29 is 4.79 Å². The van der Waals surface area contributed by atoms with Crippen LogP contribution in [-0.2, 0) is 18.4 Å². The first kappa shape index (κ1) is 9.26. The first-order valence-corrected chi connectivity index (χ1v) is 3.69. The number of aryl methyl sites for hydroxylation is 1. The van der Waals surface area contributed by atoms with Crippen molar-refractivity contribution in [2.75, 3.05) is 7.05 Å². The SMILES string of the molecule is C#CC(=O)N(C)Cc1nncn1C. The Labute approximate surface area is 76.4 Å². The molecule has 0 saturated heterocycles. The number of carbonyl (C=O) groups excluding carboxylic acids is 1. The molecule has 0 atom stereocenters. The quantitative estimate of drug-likeness (QED) is 0.568. The Bertz CT molecular complexity index is 349. The number of hydrogen-bond acceptors (Lipinski definition) is 3. The maximum Gasteiger partial charge on any atom is 0.298 e. The Hall–Kier alpha value is -1.83. The minimum atomic E-state index is -0.358. The summed E-state index contributed by atoms with van der Waals surface area (Å²) in [4.78, 5) is 12.4. The van der Waals surface area contributed by atoms with Gasteiger partial charge in [0.25, 0.3) is 5.91 Å². The molecule has 0 fully saturated rings. The van der Waals surface area contributed by atoms with E-state index in [2.05, 4.69) is 10.2 Å². The van der Waals surface area contributed by atoms with E-state index in [1.807, 2.05) is 13.0 Å². The van der Waals surface area contributed by atoms with Crippen LogP contribution in [0.2, 0.25) is 0 Å².